The van der Waals surface area contributed by atoms with Crippen LogP contribution in [0.4, 0.5) is 5.69 Å². The third kappa shape index (κ3) is 2.75. The number of aromatic nitrogens is 1. The number of halogens is 1. The zero-order valence-electron chi connectivity index (χ0n) is 10.3. The van der Waals surface area contributed by atoms with Crippen molar-refractivity contribution in [3.05, 3.63) is 56.2 Å². The van der Waals surface area contributed by atoms with Gasteiger partial charge < -0.3 is 4.74 Å². The number of nitriles is 1. The molecule has 0 spiro atoms. The lowest BCUT2D eigenvalue weighted by atomic mass is 10.2. The van der Waals surface area contributed by atoms with Crippen LogP contribution in [0.25, 0.3) is 0 Å². The molecule has 0 aliphatic heterocycles. The van der Waals surface area contributed by atoms with E-state index in [9.17, 15) is 10.1 Å². The summed E-state index contributed by atoms with van der Waals surface area (Å²) in [4.78, 5) is 14.2. The van der Waals surface area contributed by atoms with E-state index in [1.807, 2.05) is 6.92 Å². The molecule has 0 aliphatic rings. The second-order valence-corrected chi connectivity index (χ2v) is 4.75. The highest BCUT2D eigenvalue weighted by Gasteiger charge is 2.23. The molecule has 0 saturated heterocycles. The number of nitrogens with zero attached hydrogens (tertiary/aromatic N) is 3. The van der Waals surface area contributed by atoms with Crippen molar-refractivity contribution in [1.29, 1.82) is 5.26 Å². The second kappa shape index (κ2) is 5.67. The van der Waals surface area contributed by atoms with Gasteiger partial charge >= 0.3 is 11.6 Å². The molecule has 1 aromatic heterocycles. The highest BCUT2D eigenvalue weighted by molar-refractivity contribution is 9.10. The summed E-state index contributed by atoms with van der Waals surface area (Å²) in [6.45, 7) is 1.87. The molecular formula is C13H8BrN3O3. The first-order valence-corrected chi connectivity index (χ1v) is 6.29. The maximum absolute atomic E-state index is 11.0. The van der Waals surface area contributed by atoms with E-state index in [1.165, 1.54) is 12.3 Å². The Hall–Kier alpha value is -2.46. The zero-order chi connectivity index (χ0) is 14.7. The van der Waals surface area contributed by atoms with E-state index < -0.39 is 10.6 Å². The summed E-state index contributed by atoms with van der Waals surface area (Å²) in [5.74, 6) is 0.215. The van der Waals surface area contributed by atoms with Gasteiger partial charge in [-0.2, -0.15) is 5.26 Å². The summed E-state index contributed by atoms with van der Waals surface area (Å²) < 4.78 is 6.33. The first-order chi connectivity index (χ1) is 9.52. The Morgan fingerprint density at radius 3 is 2.80 bits per heavy atom. The Bertz CT molecular complexity index is 725. The monoisotopic (exact) mass is 333 g/mol. The average molecular weight is 334 g/mol. The number of pyridine rings is 1. The highest BCUT2D eigenvalue weighted by atomic mass is 79.9. The van der Waals surface area contributed by atoms with Crippen molar-refractivity contribution < 1.29 is 9.66 Å². The van der Waals surface area contributed by atoms with Crippen LogP contribution >= 0.6 is 15.9 Å². The van der Waals surface area contributed by atoms with Crippen LogP contribution in [0.2, 0.25) is 0 Å². The van der Waals surface area contributed by atoms with Gasteiger partial charge in [-0.15, -0.1) is 0 Å². The summed E-state index contributed by atoms with van der Waals surface area (Å²) >= 11 is 3.35. The Labute approximate surface area is 122 Å². The molecule has 2 rings (SSSR count). The van der Waals surface area contributed by atoms with Gasteiger partial charge in [0.05, 0.1) is 4.92 Å². The molecule has 0 amide bonds. The standard InChI is InChI=1S/C13H8BrN3O3/c1-8-6-10(2-3-11(8)14)20-13-12(17(18)19)9(7-15)4-5-16-13/h2-6H,1H3. The van der Waals surface area contributed by atoms with Crippen LogP contribution in [0.15, 0.2) is 34.9 Å². The van der Waals surface area contributed by atoms with Gasteiger partial charge in [0.1, 0.15) is 17.4 Å². The molecule has 0 saturated carbocycles. The van der Waals surface area contributed by atoms with Crippen LogP contribution in [0.1, 0.15) is 11.1 Å². The lowest BCUT2D eigenvalue weighted by molar-refractivity contribution is -0.386. The van der Waals surface area contributed by atoms with Crippen LogP contribution < -0.4 is 4.74 Å². The van der Waals surface area contributed by atoms with Crippen LogP contribution in [-0.2, 0) is 0 Å². The molecule has 2 aromatic rings. The first-order valence-electron chi connectivity index (χ1n) is 5.50. The summed E-state index contributed by atoms with van der Waals surface area (Å²) in [6, 6.07) is 8.17. The molecule has 100 valence electrons. The molecule has 0 atom stereocenters. The van der Waals surface area contributed by atoms with Gasteiger partial charge in [0, 0.05) is 10.7 Å². The fourth-order valence-corrected chi connectivity index (χ4v) is 1.82. The van der Waals surface area contributed by atoms with Crippen molar-refractivity contribution in [3.8, 4) is 17.7 Å². The Balaban J connectivity index is 2.46. The molecule has 0 bridgehead atoms. The van der Waals surface area contributed by atoms with Gasteiger partial charge in [-0.1, -0.05) is 15.9 Å². The van der Waals surface area contributed by atoms with Crippen LogP contribution in [0.5, 0.6) is 11.6 Å². The minimum absolute atomic E-state index is 0.0890. The third-order valence-corrected chi connectivity index (χ3v) is 3.43. The maximum Gasteiger partial charge on any atom is 0.348 e. The second-order valence-electron chi connectivity index (χ2n) is 3.89. The third-order valence-electron chi connectivity index (χ3n) is 2.54. The topological polar surface area (TPSA) is 89.0 Å². The van der Waals surface area contributed by atoms with Crippen molar-refractivity contribution >= 4 is 21.6 Å². The largest absolute Gasteiger partial charge is 0.434 e. The number of benzene rings is 1. The van der Waals surface area contributed by atoms with Gasteiger partial charge in [0.15, 0.2) is 0 Å². The van der Waals surface area contributed by atoms with Crippen molar-refractivity contribution in [2.75, 3.05) is 0 Å². The number of aryl methyl sites for hydroxylation is 1. The summed E-state index contributed by atoms with van der Waals surface area (Å²) in [6.07, 6.45) is 1.30. The van der Waals surface area contributed by atoms with Crippen LogP contribution in [-0.4, -0.2) is 9.91 Å². The Kier molecular flexibility index (Phi) is 3.96. The minimum Gasteiger partial charge on any atom is -0.434 e. The maximum atomic E-state index is 11.0. The van der Waals surface area contributed by atoms with Gasteiger partial charge in [-0.05, 0) is 36.8 Å². The molecule has 6 nitrogen and oxygen atoms in total. The average Bonchev–Trinajstić information content (AvgIpc) is 2.42. The first kappa shape index (κ1) is 14.0. The quantitative estimate of drug-likeness (QED) is 0.630. The molecular weight excluding hydrogens is 326 g/mol. The molecule has 0 N–H and O–H groups in total. The van der Waals surface area contributed by atoms with Crippen molar-refractivity contribution in [2.24, 2.45) is 0 Å². The number of rotatable bonds is 3. The van der Waals surface area contributed by atoms with E-state index in [2.05, 4.69) is 20.9 Å². The number of hydrogen-bond donors (Lipinski definition) is 0. The lowest BCUT2D eigenvalue weighted by Crippen LogP contribution is -1.99. The summed E-state index contributed by atoms with van der Waals surface area (Å²) in [7, 11) is 0. The van der Waals surface area contributed by atoms with E-state index in [4.69, 9.17) is 10.00 Å². The molecule has 0 aliphatic carbocycles. The number of hydrogen-bond acceptors (Lipinski definition) is 5. The highest BCUT2D eigenvalue weighted by Crippen LogP contribution is 2.32. The van der Waals surface area contributed by atoms with Crippen LogP contribution in [0, 0.1) is 28.4 Å². The van der Waals surface area contributed by atoms with Crippen LogP contribution in [0.3, 0.4) is 0 Å². The minimum atomic E-state index is -0.674. The molecule has 0 radical (unpaired) electrons. The molecule has 0 fully saturated rings. The lowest BCUT2D eigenvalue weighted by Gasteiger charge is -2.07. The predicted octanol–water partition coefficient (Wildman–Crippen LogP) is 3.72. The molecule has 20 heavy (non-hydrogen) atoms. The SMILES string of the molecule is Cc1cc(Oc2nccc(C#N)c2[N+](=O)[O-])ccc1Br. The van der Waals surface area contributed by atoms with E-state index in [0.717, 1.165) is 10.0 Å². The van der Waals surface area contributed by atoms with Gasteiger partial charge in [-0.3, -0.25) is 10.1 Å². The Morgan fingerprint density at radius 2 is 2.20 bits per heavy atom. The number of nitro groups is 1. The summed E-state index contributed by atoms with van der Waals surface area (Å²) in [5.41, 5.74) is 0.394. The predicted molar refractivity (Wildman–Crippen MR) is 74.6 cm³/mol. The van der Waals surface area contributed by atoms with Crippen molar-refractivity contribution in [1.82, 2.24) is 4.98 Å². The van der Waals surface area contributed by atoms with Crippen molar-refractivity contribution in [2.45, 2.75) is 6.92 Å². The van der Waals surface area contributed by atoms with Gasteiger partial charge in [0.25, 0.3) is 0 Å². The summed E-state index contributed by atoms with van der Waals surface area (Å²) in [5, 5.41) is 19.9. The number of ether oxygens (including phenoxy) is 1. The Morgan fingerprint density at radius 1 is 1.45 bits per heavy atom. The van der Waals surface area contributed by atoms with E-state index in [1.54, 1.807) is 24.3 Å². The van der Waals surface area contributed by atoms with Gasteiger partial charge in [-0.25, -0.2) is 4.98 Å². The molecule has 1 heterocycles. The van der Waals surface area contributed by atoms with E-state index >= 15 is 0 Å². The van der Waals surface area contributed by atoms with Gasteiger partial charge in [0.2, 0.25) is 0 Å². The fourth-order valence-electron chi connectivity index (χ4n) is 1.57. The van der Waals surface area contributed by atoms with E-state index in [-0.39, 0.29) is 11.4 Å². The zero-order valence-corrected chi connectivity index (χ0v) is 11.9. The fraction of sp³-hybridized carbons (Fsp3) is 0.0769. The molecule has 1 aromatic carbocycles. The molecule has 0 unspecified atom stereocenters. The normalized spacial score (nSPS) is 9.85. The smallest absolute Gasteiger partial charge is 0.348 e. The van der Waals surface area contributed by atoms with Crippen molar-refractivity contribution in [3.63, 3.8) is 0 Å². The molecule has 7 heteroatoms. The van der Waals surface area contributed by atoms with E-state index in [0.29, 0.717) is 5.75 Å².